The smallest absolute Gasteiger partial charge is 0.0696 e. The molecule has 16 heavy (non-hydrogen) atoms. The monoisotopic (exact) mass is 252 g/mol. The van der Waals surface area contributed by atoms with Crippen molar-refractivity contribution < 1.29 is 0 Å². The summed E-state index contributed by atoms with van der Waals surface area (Å²) in [5.41, 5.74) is 8.81. The number of nitrogens with one attached hydrogen (secondary N) is 1. The van der Waals surface area contributed by atoms with Gasteiger partial charge in [-0.2, -0.15) is 0 Å². The van der Waals surface area contributed by atoms with Gasteiger partial charge in [0.05, 0.1) is 9.92 Å². The zero-order valence-corrected chi connectivity index (χ0v) is 11.2. The third-order valence-electron chi connectivity index (χ3n) is 2.71. The summed E-state index contributed by atoms with van der Waals surface area (Å²) in [5.74, 6) is 1.06. The van der Waals surface area contributed by atoms with Crippen molar-refractivity contribution in [2.75, 3.05) is 5.75 Å². The Morgan fingerprint density at radius 1 is 1.56 bits per heavy atom. The van der Waals surface area contributed by atoms with Gasteiger partial charge in [-0.1, -0.05) is 6.08 Å². The van der Waals surface area contributed by atoms with Crippen molar-refractivity contribution in [1.82, 2.24) is 0 Å². The fraction of sp³-hybridized carbons (Fsp3) is 0.417. The van der Waals surface area contributed by atoms with Crippen LogP contribution in [0, 0.1) is 5.41 Å². The summed E-state index contributed by atoms with van der Waals surface area (Å²) in [4.78, 5) is 1.18. The lowest BCUT2D eigenvalue weighted by atomic mass is 10.0. The molecule has 1 atom stereocenters. The summed E-state index contributed by atoms with van der Waals surface area (Å²) in [7, 11) is 0. The van der Waals surface area contributed by atoms with E-state index in [0.29, 0.717) is 5.71 Å². The van der Waals surface area contributed by atoms with Gasteiger partial charge in [-0.25, -0.2) is 0 Å². The van der Waals surface area contributed by atoms with Crippen molar-refractivity contribution in [3.8, 4) is 0 Å². The molecule has 0 saturated heterocycles. The quantitative estimate of drug-likeness (QED) is 0.802. The van der Waals surface area contributed by atoms with Crippen molar-refractivity contribution in [2.24, 2.45) is 5.73 Å². The molecule has 1 aliphatic rings. The van der Waals surface area contributed by atoms with Gasteiger partial charge in [-0.3, -0.25) is 5.41 Å². The maximum atomic E-state index is 8.21. The minimum Gasteiger partial charge on any atom is -0.324 e. The van der Waals surface area contributed by atoms with Crippen LogP contribution < -0.4 is 5.73 Å². The van der Waals surface area contributed by atoms with Crippen LogP contribution in [0.2, 0.25) is 0 Å². The van der Waals surface area contributed by atoms with Gasteiger partial charge in [0.15, 0.2) is 0 Å². The van der Waals surface area contributed by atoms with Gasteiger partial charge in [0, 0.05) is 22.2 Å². The van der Waals surface area contributed by atoms with E-state index >= 15 is 0 Å². The summed E-state index contributed by atoms with van der Waals surface area (Å²) in [6.07, 6.45) is 3.05. The molecule has 2 rings (SSSR count). The van der Waals surface area contributed by atoms with E-state index in [4.69, 9.17) is 11.1 Å². The summed E-state index contributed by atoms with van der Waals surface area (Å²) in [6, 6.07) is 2.16. The van der Waals surface area contributed by atoms with Crippen LogP contribution in [-0.4, -0.2) is 11.5 Å². The van der Waals surface area contributed by atoms with Gasteiger partial charge >= 0.3 is 0 Å². The molecule has 0 bridgehead atoms. The fourth-order valence-electron chi connectivity index (χ4n) is 1.74. The second-order valence-electron chi connectivity index (χ2n) is 3.93. The molecule has 0 aliphatic carbocycles. The molecule has 2 heterocycles. The lowest BCUT2D eigenvalue weighted by molar-refractivity contribution is 0.838. The van der Waals surface area contributed by atoms with E-state index in [1.807, 2.05) is 25.6 Å². The van der Waals surface area contributed by atoms with Crippen LogP contribution in [0.1, 0.15) is 36.8 Å². The molecule has 0 saturated carbocycles. The molecule has 4 heteroatoms. The lowest BCUT2D eigenvalue weighted by Gasteiger charge is -2.03. The average molecular weight is 252 g/mol. The predicted octanol–water partition coefficient (Wildman–Crippen LogP) is 3.58. The number of allylic oxidation sites excluding steroid dienone is 2. The number of rotatable bonds is 1. The Morgan fingerprint density at radius 2 is 2.31 bits per heavy atom. The molecule has 1 unspecified atom stereocenters. The van der Waals surface area contributed by atoms with Crippen molar-refractivity contribution in [2.45, 2.75) is 30.5 Å². The third-order valence-corrected chi connectivity index (χ3v) is 5.33. The maximum absolute atomic E-state index is 8.21. The number of thioether (sulfide) groups is 1. The average Bonchev–Trinajstić information content (AvgIpc) is 2.62. The second-order valence-corrected chi connectivity index (χ2v) is 6.37. The predicted molar refractivity (Wildman–Crippen MR) is 72.8 cm³/mol. The van der Waals surface area contributed by atoms with Gasteiger partial charge < -0.3 is 5.73 Å². The summed E-state index contributed by atoms with van der Waals surface area (Å²) in [5, 5.41) is 8.21. The number of nitrogens with two attached hydrogens (primary N) is 1. The molecule has 0 radical (unpaired) electrons. The first-order chi connectivity index (χ1) is 7.63. The van der Waals surface area contributed by atoms with E-state index in [1.54, 1.807) is 11.3 Å². The minimum absolute atomic E-state index is 0.0689. The molecule has 0 fully saturated rings. The van der Waals surface area contributed by atoms with Gasteiger partial charge in [0.2, 0.25) is 0 Å². The molecule has 1 aromatic rings. The highest BCUT2D eigenvalue weighted by atomic mass is 32.2. The maximum Gasteiger partial charge on any atom is 0.0696 e. The minimum atomic E-state index is 0.0689. The van der Waals surface area contributed by atoms with E-state index < -0.39 is 0 Å². The van der Waals surface area contributed by atoms with Crippen molar-refractivity contribution in [3.63, 3.8) is 0 Å². The SMILES string of the molecule is C/C=C1/CCSc2sc(C(C)N)cc2C1=N. The summed E-state index contributed by atoms with van der Waals surface area (Å²) >= 11 is 3.59. The molecular formula is C12H16N2S2. The third kappa shape index (κ3) is 2.10. The largest absolute Gasteiger partial charge is 0.324 e. The fourth-order valence-corrected chi connectivity index (χ4v) is 4.18. The van der Waals surface area contributed by atoms with Gasteiger partial charge in [-0.15, -0.1) is 23.1 Å². The first-order valence-electron chi connectivity index (χ1n) is 5.40. The molecule has 1 aromatic heterocycles. The Kier molecular flexibility index (Phi) is 3.52. The van der Waals surface area contributed by atoms with Crippen LogP contribution in [0.3, 0.4) is 0 Å². The number of thiophene rings is 1. The topological polar surface area (TPSA) is 49.9 Å². The first kappa shape index (κ1) is 11.9. The zero-order valence-electron chi connectivity index (χ0n) is 9.54. The van der Waals surface area contributed by atoms with Gasteiger partial charge in [0.25, 0.3) is 0 Å². The number of hydrogen-bond donors (Lipinski definition) is 2. The molecule has 3 N–H and O–H groups in total. The van der Waals surface area contributed by atoms with E-state index in [-0.39, 0.29) is 6.04 Å². The van der Waals surface area contributed by atoms with Crippen LogP contribution in [0.15, 0.2) is 21.9 Å². The van der Waals surface area contributed by atoms with Crippen LogP contribution >= 0.6 is 23.1 Å². The highest BCUT2D eigenvalue weighted by molar-refractivity contribution is 8.01. The van der Waals surface area contributed by atoms with Crippen LogP contribution in [0.25, 0.3) is 0 Å². The number of fused-ring (bicyclic) bond motifs is 1. The molecule has 0 spiro atoms. The molecule has 1 aliphatic heterocycles. The van der Waals surface area contributed by atoms with Crippen molar-refractivity contribution in [3.05, 3.63) is 28.2 Å². The molecule has 86 valence electrons. The second kappa shape index (κ2) is 4.73. The Bertz CT molecular complexity index is 444. The van der Waals surface area contributed by atoms with Crippen LogP contribution in [-0.2, 0) is 0 Å². The highest BCUT2D eigenvalue weighted by Crippen LogP contribution is 2.39. The number of hydrogen-bond acceptors (Lipinski definition) is 4. The van der Waals surface area contributed by atoms with E-state index in [0.717, 1.165) is 23.3 Å². The standard InChI is InChI=1S/C12H16N2S2/c1-3-8-4-5-15-12-9(11(8)14)6-10(16-12)7(2)13/h3,6-7,14H,4-5,13H2,1-2H3/b8-3-,14-11?. The molecule has 2 nitrogen and oxygen atoms in total. The molecular weight excluding hydrogens is 236 g/mol. The lowest BCUT2D eigenvalue weighted by Crippen LogP contribution is -2.04. The normalized spacial score (nSPS) is 20.7. The summed E-state index contributed by atoms with van der Waals surface area (Å²) in [6.45, 7) is 4.01. The van der Waals surface area contributed by atoms with Crippen LogP contribution in [0.4, 0.5) is 0 Å². The Labute approximate surface area is 104 Å². The molecule has 0 aromatic carbocycles. The van der Waals surface area contributed by atoms with Crippen molar-refractivity contribution >= 4 is 28.8 Å². The van der Waals surface area contributed by atoms with Crippen molar-refractivity contribution in [1.29, 1.82) is 5.41 Å². The van der Waals surface area contributed by atoms with Crippen LogP contribution in [0.5, 0.6) is 0 Å². The zero-order chi connectivity index (χ0) is 11.7. The van der Waals surface area contributed by atoms with Gasteiger partial charge in [0.1, 0.15) is 0 Å². The van der Waals surface area contributed by atoms with Gasteiger partial charge in [-0.05, 0) is 31.9 Å². The Balaban J connectivity index is 2.45. The van der Waals surface area contributed by atoms with E-state index in [1.165, 1.54) is 9.09 Å². The Morgan fingerprint density at radius 3 is 2.94 bits per heavy atom. The summed E-state index contributed by atoms with van der Waals surface area (Å²) < 4.78 is 1.26. The first-order valence-corrected chi connectivity index (χ1v) is 7.20. The highest BCUT2D eigenvalue weighted by Gasteiger charge is 2.20. The van der Waals surface area contributed by atoms with E-state index in [2.05, 4.69) is 12.1 Å². The molecule has 0 amide bonds. The van der Waals surface area contributed by atoms with E-state index in [9.17, 15) is 0 Å². The Hall–Kier alpha value is -0.580.